The summed E-state index contributed by atoms with van der Waals surface area (Å²) >= 11 is 0. The monoisotopic (exact) mass is 384 g/mol. The molecule has 4 nitrogen and oxygen atoms in total. The Balaban J connectivity index is 1.71. The zero-order valence-electron chi connectivity index (χ0n) is 17.0. The maximum absolute atomic E-state index is 12.6. The molecule has 4 heteroatoms. The molecule has 2 fully saturated rings. The van der Waals surface area contributed by atoms with Crippen LogP contribution >= 0.6 is 0 Å². The molecule has 152 valence electrons. The van der Waals surface area contributed by atoms with Gasteiger partial charge in [-0.3, -0.25) is 0 Å². The first-order valence-electron chi connectivity index (χ1n) is 10.4. The first kappa shape index (κ1) is 20.7. The Morgan fingerprint density at radius 2 is 2.11 bits per heavy atom. The van der Waals surface area contributed by atoms with E-state index < -0.39 is 5.60 Å². The Labute approximate surface area is 168 Å². The van der Waals surface area contributed by atoms with Gasteiger partial charge in [0.25, 0.3) is 0 Å². The molecule has 1 aliphatic heterocycles. The van der Waals surface area contributed by atoms with Crippen molar-refractivity contribution in [3.05, 3.63) is 60.4 Å². The lowest BCUT2D eigenvalue weighted by molar-refractivity contribution is 0.0202. The van der Waals surface area contributed by atoms with Gasteiger partial charge in [0, 0.05) is 24.7 Å². The first-order chi connectivity index (χ1) is 13.4. The van der Waals surface area contributed by atoms with Gasteiger partial charge in [0.1, 0.15) is 12.2 Å². The van der Waals surface area contributed by atoms with Crippen LogP contribution in [0.4, 0.5) is 0 Å². The Morgan fingerprint density at radius 1 is 1.36 bits per heavy atom. The Kier molecular flexibility index (Phi) is 6.61. The molecule has 1 aromatic rings. The van der Waals surface area contributed by atoms with E-state index >= 15 is 0 Å². The summed E-state index contributed by atoms with van der Waals surface area (Å²) in [7, 11) is 0. The molecule has 2 aliphatic rings. The van der Waals surface area contributed by atoms with Gasteiger partial charge in [-0.05, 0) is 25.5 Å². The number of ether oxygens (including phenoxy) is 2. The molecule has 0 radical (unpaired) electrons. The number of hydrogen-bond donors (Lipinski definition) is 1. The highest BCUT2D eigenvalue weighted by atomic mass is 16.6. The fraction of sp³-hybridized carbons (Fsp3) is 0.542. The summed E-state index contributed by atoms with van der Waals surface area (Å²) in [5.41, 5.74) is -0.295. The minimum absolute atomic E-state index is 0.0227. The highest BCUT2D eigenvalue weighted by Crippen LogP contribution is 2.46. The second-order valence-electron chi connectivity index (χ2n) is 8.36. The third kappa shape index (κ3) is 5.05. The molecule has 0 amide bonds. The van der Waals surface area contributed by atoms with Gasteiger partial charge < -0.3 is 14.6 Å². The van der Waals surface area contributed by atoms with Crippen molar-refractivity contribution in [1.82, 2.24) is 0 Å². The summed E-state index contributed by atoms with van der Waals surface area (Å²) in [4.78, 5) is 12.6. The van der Waals surface area contributed by atoms with E-state index in [2.05, 4.69) is 13.5 Å². The van der Waals surface area contributed by atoms with Gasteiger partial charge in [0.2, 0.25) is 0 Å². The van der Waals surface area contributed by atoms with E-state index in [1.54, 1.807) is 12.1 Å². The average Bonchev–Trinajstić information content (AvgIpc) is 3.16. The standard InChI is InChI=1S/C24H32O4/c1-4-5-9-13-24(3,26)14-12-19-20-15-17(2)27-22(20)16-21(19)28-23(25)18-10-7-6-8-11-18/h6-8,10-12,14,19-22,26H,2,4-5,9,13,15-16H2,1,3H3/b14-12+/t19-,20-,21-,22+,24?/m1/s1. The average molecular weight is 385 g/mol. The molecular weight excluding hydrogens is 352 g/mol. The smallest absolute Gasteiger partial charge is 0.338 e. The normalized spacial score (nSPS) is 28.8. The van der Waals surface area contributed by atoms with Crippen LogP contribution in [0.2, 0.25) is 0 Å². The Hall–Kier alpha value is -2.07. The number of rotatable bonds is 8. The molecule has 28 heavy (non-hydrogen) atoms. The van der Waals surface area contributed by atoms with E-state index in [4.69, 9.17) is 9.47 Å². The number of esters is 1. The quantitative estimate of drug-likeness (QED) is 0.388. The fourth-order valence-corrected chi connectivity index (χ4v) is 4.32. The Morgan fingerprint density at radius 3 is 2.82 bits per heavy atom. The number of aliphatic hydroxyl groups is 1. The van der Waals surface area contributed by atoms with Crippen molar-refractivity contribution < 1.29 is 19.4 Å². The highest BCUT2D eigenvalue weighted by Gasteiger charge is 2.49. The summed E-state index contributed by atoms with van der Waals surface area (Å²) < 4.78 is 11.7. The van der Waals surface area contributed by atoms with E-state index in [9.17, 15) is 9.90 Å². The second-order valence-corrected chi connectivity index (χ2v) is 8.36. The molecule has 0 bridgehead atoms. The van der Waals surface area contributed by atoms with Gasteiger partial charge in [-0.15, -0.1) is 0 Å². The summed E-state index contributed by atoms with van der Waals surface area (Å²) in [6.07, 6.45) is 9.12. The van der Waals surface area contributed by atoms with Crippen molar-refractivity contribution in [2.75, 3.05) is 0 Å². The van der Waals surface area contributed by atoms with Gasteiger partial charge in [0.15, 0.2) is 0 Å². The molecule has 1 saturated carbocycles. The van der Waals surface area contributed by atoms with Gasteiger partial charge in [0.05, 0.1) is 16.9 Å². The maximum atomic E-state index is 12.6. The number of hydrogen-bond acceptors (Lipinski definition) is 4. The summed E-state index contributed by atoms with van der Waals surface area (Å²) in [5, 5.41) is 10.7. The molecule has 0 spiro atoms. The lowest BCUT2D eigenvalue weighted by Gasteiger charge is -2.23. The van der Waals surface area contributed by atoms with Crippen LogP contribution in [0.5, 0.6) is 0 Å². The molecule has 1 unspecified atom stereocenters. The minimum Gasteiger partial charge on any atom is -0.495 e. The van der Waals surface area contributed by atoms with Crippen LogP contribution in [0, 0.1) is 11.8 Å². The SMILES string of the molecule is C=C1C[C@@H]2[C@@H](/C=C/C(C)(O)CCCCC)[C@H](OC(=O)c3ccccc3)C[C@@H]2O1. The summed E-state index contributed by atoms with van der Waals surface area (Å²) in [6.45, 7) is 7.96. The van der Waals surface area contributed by atoms with Crippen molar-refractivity contribution in [3.8, 4) is 0 Å². The molecule has 1 aromatic carbocycles. The molecular formula is C24H32O4. The molecule has 1 N–H and O–H groups in total. The van der Waals surface area contributed by atoms with Crippen molar-refractivity contribution in [3.63, 3.8) is 0 Å². The van der Waals surface area contributed by atoms with E-state index in [-0.39, 0.29) is 30.0 Å². The minimum atomic E-state index is -0.849. The van der Waals surface area contributed by atoms with E-state index in [1.807, 2.05) is 37.3 Å². The second kappa shape index (κ2) is 8.95. The molecule has 0 aromatic heterocycles. The topological polar surface area (TPSA) is 55.8 Å². The van der Waals surface area contributed by atoms with Gasteiger partial charge in [-0.1, -0.05) is 63.1 Å². The van der Waals surface area contributed by atoms with Gasteiger partial charge >= 0.3 is 5.97 Å². The van der Waals surface area contributed by atoms with Crippen LogP contribution in [-0.4, -0.2) is 28.9 Å². The molecule has 1 saturated heterocycles. The number of benzene rings is 1. The van der Waals surface area contributed by atoms with Crippen LogP contribution in [0.3, 0.4) is 0 Å². The van der Waals surface area contributed by atoms with Crippen LogP contribution in [-0.2, 0) is 9.47 Å². The van der Waals surface area contributed by atoms with Crippen molar-refractivity contribution in [1.29, 1.82) is 0 Å². The van der Waals surface area contributed by atoms with Crippen molar-refractivity contribution in [2.24, 2.45) is 11.8 Å². The number of fused-ring (bicyclic) bond motifs is 1. The predicted molar refractivity (Wildman–Crippen MR) is 110 cm³/mol. The van der Waals surface area contributed by atoms with Crippen molar-refractivity contribution in [2.45, 2.75) is 70.2 Å². The highest BCUT2D eigenvalue weighted by molar-refractivity contribution is 5.89. The maximum Gasteiger partial charge on any atom is 0.338 e. The number of carbonyl (C=O) groups excluding carboxylic acids is 1. The Bertz CT molecular complexity index is 707. The lowest BCUT2D eigenvalue weighted by atomic mass is 9.88. The van der Waals surface area contributed by atoms with E-state index in [0.29, 0.717) is 12.0 Å². The lowest BCUT2D eigenvalue weighted by Crippen LogP contribution is -2.26. The summed E-state index contributed by atoms with van der Waals surface area (Å²) in [6, 6.07) is 9.07. The summed E-state index contributed by atoms with van der Waals surface area (Å²) in [5.74, 6) is 0.756. The molecule has 1 aliphatic carbocycles. The fourth-order valence-electron chi connectivity index (χ4n) is 4.32. The zero-order chi connectivity index (χ0) is 20.1. The third-order valence-electron chi connectivity index (χ3n) is 5.88. The van der Waals surface area contributed by atoms with E-state index in [0.717, 1.165) is 37.9 Å². The third-order valence-corrected chi connectivity index (χ3v) is 5.88. The predicted octanol–water partition coefficient (Wildman–Crippen LogP) is 5.04. The largest absolute Gasteiger partial charge is 0.495 e. The van der Waals surface area contributed by atoms with Gasteiger partial charge in [-0.2, -0.15) is 0 Å². The number of unbranched alkanes of at least 4 members (excludes halogenated alkanes) is 2. The van der Waals surface area contributed by atoms with Crippen LogP contribution < -0.4 is 0 Å². The van der Waals surface area contributed by atoms with Gasteiger partial charge in [-0.25, -0.2) is 4.79 Å². The van der Waals surface area contributed by atoms with Crippen LogP contribution in [0.25, 0.3) is 0 Å². The van der Waals surface area contributed by atoms with Crippen LogP contribution in [0.1, 0.15) is 62.7 Å². The molecule has 3 rings (SSSR count). The van der Waals surface area contributed by atoms with Crippen LogP contribution in [0.15, 0.2) is 54.8 Å². The number of carbonyl (C=O) groups is 1. The molecule has 5 atom stereocenters. The number of allylic oxidation sites excluding steroid dienone is 1. The van der Waals surface area contributed by atoms with Crippen molar-refractivity contribution >= 4 is 5.97 Å². The first-order valence-corrected chi connectivity index (χ1v) is 10.4. The van der Waals surface area contributed by atoms with E-state index in [1.165, 1.54) is 0 Å². The molecule has 1 heterocycles. The zero-order valence-corrected chi connectivity index (χ0v) is 17.0.